The second-order valence-corrected chi connectivity index (χ2v) is 7.41. The molecule has 5 atom stereocenters. The van der Waals surface area contributed by atoms with Gasteiger partial charge in [0, 0.05) is 0 Å². The summed E-state index contributed by atoms with van der Waals surface area (Å²) in [6.07, 6.45) is 0. The summed E-state index contributed by atoms with van der Waals surface area (Å²) in [6.45, 7) is 4.39. The van der Waals surface area contributed by atoms with Gasteiger partial charge in [-0.1, -0.05) is 0 Å². The zero-order chi connectivity index (χ0) is 17.1. The first kappa shape index (κ1) is 27.1. The molecule has 0 radical (unpaired) electrons. The Labute approximate surface area is 179 Å². The molecule has 2 unspecified atom stereocenters. The molecule has 23 heavy (non-hydrogen) atoms. The van der Waals surface area contributed by atoms with Crippen LogP contribution in [-0.4, -0.2) is 55.2 Å². The Kier molecular flexibility index (Phi) is 8.85. The van der Waals surface area contributed by atoms with E-state index in [2.05, 4.69) is 4.52 Å². The van der Waals surface area contributed by atoms with Crippen LogP contribution in [0, 0.1) is 0 Å². The van der Waals surface area contributed by atoms with Crippen LogP contribution in [0.4, 0.5) is 0 Å². The quantitative estimate of drug-likeness (QED) is 0.277. The number of phosphoric ester groups is 1. The van der Waals surface area contributed by atoms with E-state index in [4.69, 9.17) is 4.74 Å². The Morgan fingerprint density at radius 1 is 0.913 bits per heavy atom. The van der Waals surface area contributed by atoms with Crippen molar-refractivity contribution >= 4 is 7.82 Å². The maximum atomic E-state index is 10.6. The van der Waals surface area contributed by atoms with Crippen molar-refractivity contribution in [3.63, 3.8) is 0 Å². The predicted octanol–water partition coefficient (Wildman–Crippen LogP) is -8.41. The number of rotatable bonds is 3. The first-order valence-corrected chi connectivity index (χ1v) is 7.64. The monoisotopic (exact) mass is 374 g/mol. The van der Waals surface area contributed by atoms with Crippen molar-refractivity contribution in [3.05, 3.63) is 0 Å². The smallest absolute Gasteiger partial charge is 0.790 e. The van der Waals surface area contributed by atoms with Crippen LogP contribution >= 0.6 is 7.82 Å². The van der Waals surface area contributed by atoms with Crippen molar-refractivity contribution in [1.29, 1.82) is 0 Å². The van der Waals surface area contributed by atoms with Gasteiger partial charge in [-0.2, -0.15) is 0 Å². The molecular formula is C11H21Na2O9P. The molecule has 1 rings (SSSR count). The number of aliphatic hydroxyl groups is 4. The molecule has 1 aliphatic heterocycles. The van der Waals surface area contributed by atoms with Gasteiger partial charge in [-0.15, -0.1) is 0 Å². The van der Waals surface area contributed by atoms with E-state index in [9.17, 15) is 34.8 Å². The summed E-state index contributed by atoms with van der Waals surface area (Å²) < 4.78 is 19.9. The molecule has 0 saturated carbocycles. The summed E-state index contributed by atoms with van der Waals surface area (Å²) in [6, 6.07) is 0. The van der Waals surface area contributed by atoms with Gasteiger partial charge in [0.05, 0.1) is 14.4 Å². The minimum absolute atomic E-state index is 0. The van der Waals surface area contributed by atoms with Gasteiger partial charge >= 0.3 is 59.1 Å². The molecule has 1 heterocycles. The molecule has 1 fully saturated rings. The Hall–Kier alpha value is 1.91. The standard InChI is InChI=1S/C11H23O9P.2Na/c1-7(6-19-21(16,17)18)8(2,12)9(3,13)10(4,14)11(5,15)20-7;;/h12-15H,6H2,1-5H3,(H2,16,17,18);;/q;2*+1/p-2/t7?,8-,9-,10?,11+;;/m1../s1. The average Bonchev–Trinajstić information content (AvgIpc) is 2.22. The first-order valence-electron chi connectivity index (χ1n) is 6.18. The summed E-state index contributed by atoms with van der Waals surface area (Å²) >= 11 is 0. The van der Waals surface area contributed by atoms with E-state index in [-0.39, 0.29) is 59.1 Å². The number of hydrogen-bond donors (Lipinski definition) is 4. The van der Waals surface area contributed by atoms with Crippen molar-refractivity contribution in [2.75, 3.05) is 6.61 Å². The van der Waals surface area contributed by atoms with Gasteiger partial charge in [0.2, 0.25) is 0 Å². The summed E-state index contributed by atoms with van der Waals surface area (Å²) in [5.41, 5.74) is -8.88. The summed E-state index contributed by atoms with van der Waals surface area (Å²) in [4.78, 5) is 21.2. The fourth-order valence-corrected chi connectivity index (χ4v) is 2.85. The molecule has 4 N–H and O–H groups in total. The van der Waals surface area contributed by atoms with E-state index in [1.54, 1.807) is 0 Å². The van der Waals surface area contributed by atoms with Gasteiger partial charge in [-0.3, -0.25) is 0 Å². The van der Waals surface area contributed by atoms with E-state index < -0.39 is 42.6 Å². The van der Waals surface area contributed by atoms with Crippen LogP contribution in [-0.2, 0) is 13.8 Å². The summed E-state index contributed by atoms with van der Waals surface area (Å²) in [7, 11) is -5.36. The fraction of sp³-hybridized carbons (Fsp3) is 1.00. The van der Waals surface area contributed by atoms with Crippen LogP contribution in [0.5, 0.6) is 0 Å². The van der Waals surface area contributed by atoms with Gasteiger partial charge in [-0.05, 0) is 34.6 Å². The maximum Gasteiger partial charge on any atom is 1.00 e. The largest absolute Gasteiger partial charge is 1.00 e. The van der Waals surface area contributed by atoms with E-state index in [0.29, 0.717) is 0 Å². The molecule has 9 nitrogen and oxygen atoms in total. The third kappa shape index (κ3) is 4.43. The van der Waals surface area contributed by atoms with Crippen LogP contribution in [0.1, 0.15) is 34.6 Å². The molecular weight excluding hydrogens is 353 g/mol. The molecule has 0 aromatic heterocycles. The number of ether oxygens (including phenoxy) is 1. The Bertz CT molecular complexity index is 474. The van der Waals surface area contributed by atoms with Crippen LogP contribution in [0.2, 0.25) is 0 Å². The van der Waals surface area contributed by atoms with Crippen LogP contribution in [0.15, 0.2) is 0 Å². The average molecular weight is 374 g/mol. The Balaban J connectivity index is 0. The normalized spacial score (nSPS) is 47.4. The zero-order valence-corrected chi connectivity index (χ0v) is 19.4. The molecule has 0 aliphatic carbocycles. The van der Waals surface area contributed by atoms with E-state index in [0.717, 1.165) is 34.6 Å². The van der Waals surface area contributed by atoms with Gasteiger partial charge in [0.1, 0.15) is 22.4 Å². The molecule has 1 saturated heterocycles. The number of phosphoric acid groups is 1. The molecule has 12 heteroatoms. The topological polar surface area (TPSA) is 163 Å². The second-order valence-electron chi connectivity index (χ2n) is 6.25. The van der Waals surface area contributed by atoms with E-state index in [1.165, 1.54) is 0 Å². The summed E-state index contributed by atoms with van der Waals surface area (Å²) in [5, 5.41) is 41.6. The second kappa shape index (κ2) is 7.50. The molecule has 126 valence electrons. The van der Waals surface area contributed by atoms with Crippen molar-refractivity contribution in [2.45, 2.75) is 62.8 Å². The van der Waals surface area contributed by atoms with Gasteiger partial charge in [0.25, 0.3) is 0 Å². The van der Waals surface area contributed by atoms with Crippen LogP contribution in [0.3, 0.4) is 0 Å². The Morgan fingerprint density at radius 3 is 1.65 bits per heavy atom. The zero-order valence-electron chi connectivity index (χ0n) is 14.5. The molecule has 1 aliphatic rings. The van der Waals surface area contributed by atoms with Crippen molar-refractivity contribution in [3.8, 4) is 0 Å². The van der Waals surface area contributed by atoms with Gasteiger partial charge in [-0.25, -0.2) is 0 Å². The van der Waals surface area contributed by atoms with E-state index in [1.807, 2.05) is 0 Å². The molecule has 0 amide bonds. The number of hydrogen-bond acceptors (Lipinski definition) is 9. The fourth-order valence-electron chi connectivity index (χ4n) is 2.45. The third-order valence-corrected chi connectivity index (χ3v) is 5.20. The van der Waals surface area contributed by atoms with Crippen molar-refractivity contribution in [1.82, 2.24) is 0 Å². The van der Waals surface area contributed by atoms with Gasteiger partial charge < -0.3 is 44.0 Å². The summed E-state index contributed by atoms with van der Waals surface area (Å²) in [5.74, 6) is -2.35. The molecule has 0 aromatic carbocycles. The van der Waals surface area contributed by atoms with Crippen molar-refractivity contribution in [2.24, 2.45) is 0 Å². The third-order valence-electron chi connectivity index (χ3n) is 4.75. The minimum atomic E-state index is -5.36. The SMILES string of the molecule is CC1(O)[C@@](C)(O)OC(C)(COP(=O)([O-])[O-])[C@@](C)(O)[C@@]1(C)O.[Na+].[Na+]. The van der Waals surface area contributed by atoms with Gasteiger partial charge in [0.15, 0.2) is 5.79 Å². The minimum Gasteiger partial charge on any atom is -0.790 e. The van der Waals surface area contributed by atoms with Crippen LogP contribution in [0.25, 0.3) is 0 Å². The van der Waals surface area contributed by atoms with E-state index >= 15 is 0 Å². The van der Waals surface area contributed by atoms with Crippen LogP contribution < -0.4 is 68.9 Å². The van der Waals surface area contributed by atoms with Crippen molar-refractivity contribution < 1.29 is 103 Å². The first-order chi connectivity index (χ1) is 8.91. The molecule has 0 spiro atoms. The predicted molar refractivity (Wildman–Crippen MR) is 65.5 cm³/mol. The Morgan fingerprint density at radius 2 is 1.30 bits per heavy atom. The molecule has 0 aromatic rings. The maximum absolute atomic E-state index is 10.6. The molecule has 0 bridgehead atoms.